The summed E-state index contributed by atoms with van der Waals surface area (Å²) in [6.07, 6.45) is 2.89. The molecule has 104 valence electrons. The highest BCUT2D eigenvalue weighted by Crippen LogP contribution is 2.48. The Morgan fingerprint density at radius 1 is 1.40 bits per heavy atom. The first-order valence-electron chi connectivity index (χ1n) is 6.81. The molecule has 0 aliphatic heterocycles. The van der Waals surface area contributed by atoms with Crippen molar-refractivity contribution in [2.75, 3.05) is 13.6 Å². The lowest BCUT2D eigenvalue weighted by Crippen LogP contribution is -2.30. The zero-order valence-corrected chi connectivity index (χ0v) is 11.4. The molecule has 2 unspecified atom stereocenters. The van der Waals surface area contributed by atoms with Crippen LogP contribution in [-0.4, -0.2) is 34.5 Å². The van der Waals surface area contributed by atoms with Crippen LogP contribution in [0, 0.1) is 5.92 Å². The molecule has 1 saturated carbocycles. The van der Waals surface area contributed by atoms with Gasteiger partial charge in [0.25, 0.3) is 0 Å². The summed E-state index contributed by atoms with van der Waals surface area (Å²) in [5, 5.41) is 3.75. The molecular weight excluding hydrogens is 254 g/mol. The molecule has 1 aliphatic carbocycles. The number of benzene rings is 1. The third-order valence-corrected chi connectivity index (χ3v) is 3.79. The predicted octanol–water partition coefficient (Wildman–Crippen LogP) is 1.87. The second kappa shape index (κ2) is 5.45. The van der Waals surface area contributed by atoms with Crippen LogP contribution in [0.15, 0.2) is 41.2 Å². The van der Waals surface area contributed by atoms with Crippen molar-refractivity contribution >= 4 is 5.91 Å². The van der Waals surface area contributed by atoms with Crippen LogP contribution in [0.2, 0.25) is 0 Å². The molecule has 5 nitrogen and oxygen atoms in total. The molecule has 1 amide bonds. The molecular formula is C15H17N3O2. The van der Waals surface area contributed by atoms with Crippen molar-refractivity contribution in [1.82, 2.24) is 15.0 Å². The van der Waals surface area contributed by atoms with Gasteiger partial charge in [0, 0.05) is 25.9 Å². The van der Waals surface area contributed by atoms with E-state index in [-0.39, 0.29) is 11.8 Å². The summed E-state index contributed by atoms with van der Waals surface area (Å²) in [5.74, 6) is 1.37. The molecule has 0 bridgehead atoms. The van der Waals surface area contributed by atoms with Crippen LogP contribution in [0.25, 0.3) is 0 Å². The van der Waals surface area contributed by atoms with Gasteiger partial charge in [0.1, 0.15) is 0 Å². The molecule has 1 aliphatic rings. The molecule has 0 spiro atoms. The fourth-order valence-electron chi connectivity index (χ4n) is 2.50. The van der Waals surface area contributed by atoms with Crippen molar-refractivity contribution in [2.24, 2.45) is 5.92 Å². The number of amides is 1. The summed E-state index contributed by atoms with van der Waals surface area (Å²) in [6.45, 7) is 0.621. The van der Waals surface area contributed by atoms with E-state index in [0.717, 1.165) is 6.42 Å². The fraction of sp³-hybridized carbons (Fsp3) is 0.400. The van der Waals surface area contributed by atoms with Gasteiger partial charge in [-0.3, -0.25) is 4.79 Å². The third kappa shape index (κ3) is 2.71. The van der Waals surface area contributed by atoms with Gasteiger partial charge in [-0.15, -0.1) is 0 Å². The predicted molar refractivity (Wildman–Crippen MR) is 72.9 cm³/mol. The van der Waals surface area contributed by atoms with Gasteiger partial charge in [-0.2, -0.15) is 4.98 Å². The second-order valence-corrected chi connectivity index (χ2v) is 5.22. The summed E-state index contributed by atoms with van der Waals surface area (Å²) in [6, 6.07) is 10.2. The van der Waals surface area contributed by atoms with Crippen LogP contribution < -0.4 is 0 Å². The molecule has 3 rings (SSSR count). The summed E-state index contributed by atoms with van der Waals surface area (Å²) in [4.78, 5) is 18.0. The van der Waals surface area contributed by atoms with Crippen molar-refractivity contribution in [3.63, 3.8) is 0 Å². The van der Waals surface area contributed by atoms with Crippen LogP contribution in [-0.2, 0) is 11.2 Å². The van der Waals surface area contributed by atoms with Crippen molar-refractivity contribution in [3.05, 3.63) is 48.1 Å². The smallest absolute Gasteiger partial charge is 0.226 e. The normalized spacial score (nSPS) is 20.6. The molecule has 0 N–H and O–H groups in total. The lowest BCUT2D eigenvalue weighted by molar-refractivity contribution is -0.131. The summed E-state index contributed by atoms with van der Waals surface area (Å²) in [5.41, 5.74) is 1.26. The van der Waals surface area contributed by atoms with Gasteiger partial charge < -0.3 is 9.42 Å². The maximum Gasteiger partial charge on any atom is 0.226 e. The molecule has 2 aromatic rings. The van der Waals surface area contributed by atoms with Gasteiger partial charge in [0.15, 0.2) is 5.82 Å². The first kappa shape index (κ1) is 12.8. The van der Waals surface area contributed by atoms with E-state index in [9.17, 15) is 4.79 Å². The standard InChI is InChI=1S/C15H17N3O2/c1-18(8-7-14-16-10-20-17-14)15(19)13-9-12(13)11-5-3-2-4-6-11/h2-6,10,12-13H,7-9H2,1H3. The molecule has 1 fully saturated rings. The molecule has 1 aromatic carbocycles. The Balaban J connectivity index is 1.52. The van der Waals surface area contributed by atoms with Gasteiger partial charge in [-0.1, -0.05) is 35.5 Å². The Kier molecular flexibility index (Phi) is 3.50. The van der Waals surface area contributed by atoms with E-state index < -0.39 is 0 Å². The van der Waals surface area contributed by atoms with E-state index in [4.69, 9.17) is 0 Å². The summed E-state index contributed by atoms with van der Waals surface area (Å²) < 4.78 is 4.68. The highest BCUT2D eigenvalue weighted by Gasteiger charge is 2.44. The Hall–Kier alpha value is -2.17. The second-order valence-electron chi connectivity index (χ2n) is 5.22. The number of likely N-dealkylation sites (N-methyl/N-ethyl adjacent to an activating group) is 1. The molecule has 5 heteroatoms. The number of hydrogen-bond acceptors (Lipinski definition) is 4. The molecule has 20 heavy (non-hydrogen) atoms. The molecule has 0 radical (unpaired) electrons. The highest BCUT2D eigenvalue weighted by molar-refractivity contribution is 5.82. The molecule has 2 atom stereocenters. The Morgan fingerprint density at radius 3 is 2.90 bits per heavy atom. The number of hydrogen-bond donors (Lipinski definition) is 0. The number of nitrogens with zero attached hydrogens (tertiary/aromatic N) is 3. The van der Waals surface area contributed by atoms with Gasteiger partial charge in [0.2, 0.25) is 12.3 Å². The van der Waals surface area contributed by atoms with Crippen molar-refractivity contribution < 1.29 is 9.32 Å². The lowest BCUT2D eigenvalue weighted by Gasteiger charge is -2.16. The quantitative estimate of drug-likeness (QED) is 0.833. The minimum absolute atomic E-state index is 0.132. The van der Waals surface area contributed by atoms with E-state index in [1.165, 1.54) is 12.0 Å². The van der Waals surface area contributed by atoms with E-state index >= 15 is 0 Å². The lowest BCUT2D eigenvalue weighted by atomic mass is 10.1. The third-order valence-electron chi connectivity index (χ3n) is 3.79. The fourth-order valence-corrected chi connectivity index (χ4v) is 2.50. The number of rotatable bonds is 5. The largest absolute Gasteiger partial charge is 0.345 e. The van der Waals surface area contributed by atoms with Crippen LogP contribution in [0.5, 0.6) is 0 Å². The first-order valence-corrected chi connectivity index (χ1v) is 6.81. The van der Waals surface area contributed by atoms with Gasteiger partial charge in [0.05, 0.1) is 0 Å². The van der Waals surface area contributed by atoms with Crippen molar-refractivity contribution in [3.8, 4) is 0 Å². The summed E-state index contributed by atoms with van der Waals surface area (Å²) >= 11 is 0. The SMILES string of the molecule is CN(CCc1ncon1)C(=O)C1CC1c1ccccc1. The maximum absolute atomic E-state index is 12.3. The Morgan fingerprint density at radius 2 is 2.20 bits per heavy atom. The molecule has 0 saturated heterocycles. The van der Waals surface area contributed by atoms with Crippen molar-refractivity contribution in [2.45, 2.75) is 18.8 Å². The number of aromatic nitrogens is 2. The minimum atomic E-state index is 0.132. The summed E-state index contributed by atoms with van der Waals surface area (Å²) in [7, 11) is 1.84. The topological polar surface area (TPSA) is 59.2 Å². The monoisotopic (exact) mass is 271 g/mol. The molecule has 1 heterocycles. The van der Waals surface area contributed by atoms with E-state index in [1.54, 1.807) is 4.90 Å². The van der Waals surface area contributed by atoms with Crippen LogP contribution in [0.4, 0.5) is 0 Å². The average Bonchev–Trinajstić information content (AvgIpc) is 3.12. The average molecular weight is 271 g/mol. The molecule has 1 aromatic heterocycles. The van der Waals surface area contributed by atoms with Gasteiger partial charge in [-0.05, 0) is 17.9 Å². The van der Waals surface area contributed by atoms with E-state index in [0.29, 0.717) is 24.7 Å². The van der Waals surface area contributed by atoms with E-state index in [2.05, 4.69) is 26.8 Å². The zero-order chi connectivity index (χ0) is 13.9. The Bertz CT molecular complexity index is 568. The zero-order valence-electron chi connectivity index (χ0n) is 11.4. The van der Waals surface area contributed by atoms with Crippen LogP contribution in [0.3, 0.4) is 0 Å². The number of carbonyl (C=O) groups excluding carboxylic acids is 1. The van der Waals surface area contributed by atoms with Gasteiger partial charge in [-0.25, -0.2) is 0 Å². The maximum atomic E-state index is 12.3. The minimum Gasteiger partial charge on any atom is -0.345 e. The number of carbonyl (C=O) groups is 1. The Labute approximate surface area is 117 Å². The van der Waals surface area contributed by atoms with Gasteiger partial charge >= 0.3 is 0 Å². The highest BCUT2D eigenvalue weighted by atomic mass is 16.5. The van der Waals surface area contributed by atoms with E-state index in [1.807, 2.05) is 25.2 Å². The van der Waals surface area contributed by atoms with Crippen LogP contribution in [0.1, 0.15) is 23.7 Å². The van der Waals surface area contributed by atoms with Crippen LogP contribution >= 0.6 is 0 Å². The van der Waals surface area contributed by atoms with Crippen molar-refractivity contribution in [1.29, 1.82) is 0 Å². The first-order chi connectivity index (χ1) is 9.75.